The van der Waals surface area contributed by atoms with Crippen molar-refractivity contribution >= 4 is 17.1 Å². The van der Waals surface area contributed by atoms with Gasteiger partial charge in [0.15, 0.2) is 0 Å². The van der Waals surface area contributed by atoms with Crippen LogP contribution < -0.4 is 4.90 Å². The zero-order valence-corrected chi connectivity index (χ0v) is 46.8. The van der Waals surface area contributed by atoms with Gasteiger partial charge in [-0.3, -0.25) is 0 Å². The van der Waals surface area contributed by atoms with Crippen LogP contribution in [-0.4, -0.2) is 0 Å². The lowest BCUT2D eigenvalue weighted by atomic mass is 9.40. The Kier molecular flexibility index (Phi) is 15.5. The first kappa shape index (κ1) is 52.2. The Bertz CT molecular complexity index is 2570. The average molecular weight is 939 g/mol. The predicted molar refractivity (Wildman–Crippen MR) is 307 cm³/mol. The van der Waals surface area contributed by atoms with Crippen LogP contribution >= 0.6 is 0 Å². The molecule has 70 heavy (non-hydrogen) atoms. The highest BCUT2D eigenvalue weighted by Crippen LogP contribution is 2.66. The van der Waals surface area contributed by atoms with Gasteiger partial charge >= 0.3 is 0 Å². The van der Waals surface area contributed by atoms with Crippen molar-refractivity contribution in [2.75, 3.05) is 4.90 Å². The molecule has 0 unspecified atom stereocenters. The number of anilines is 3. The Labute approximate surface area is 429 Å². The number of nitrogens with zero attached hydrogens (tertiary/aromatic N) is 1. The number of hydrogen-bond donors (Lipinski definition) is 0. The maximum atomic E-state index is 2.71. The molecule has 3 aliphatic carbocycles. The summed E-state index contributed by atoms with van der Waals surface area (Å²) >= 11 is 0. The minimum Gasteiger partial charge on any atom is -0.310 e. The van der Waals surface area contributed by atoms with Crippen molar-refractivity contribution in [1.29, 1.82) is 0 Å². The Balaban J connectivity index is 1.38. The molecule has 0 radical (unpaired) electrons. The van der Waals surface area contributed by atoms with E-state index in [1.807, 2.05) is 0 Å². The van der Waals surface area contributed by atoms with E-state index in [0.717, 1.165) is 0 Å². The Morgan fingerprint density at radius 3 is 1.14 bits per heavy atom. The quantitative estimate of drug-likeness (QED) is 0.0590. The summed E-state index contributed by atoms with van der Waals surface area (Å²) in [7, 11) is 0. The maximum Gasteiger partial charge on any atom is 0.0465 e. The molecule has 5 aromatic carbocycles. The fourth-order valence-corrected chi connectivity index (χ4v) is 14.5. The molecule has 0 aromatic heterocycles. The second kappa shape index (κ2) is 20.8. The number of fused-ring (bicyclic) bond motifs is 7. The summed E-state index contributed by atoms with van der Waals surface area (Å²) in [6.45, 7) is 32.0. The zero-order valence-electron chi connectivity index (χ0n) is 46.8. The lowest BCUT2D eigenvalue weighted by Crippen LogP contribution is -2.59. The molecular formula is C69H95N. The Morgan fingerprint density at radius 1 is 0.329 bits per heavy atom. The normalized spacial score (nSPS) is 17.9. The number of benzene rings is 5. The van der Waals surface area contributed by atoms with E-state index in [1.165, 1.54) is 184 Å². The van der Waals surface area contributed by atoms with E-state index in [0.29, 0.717) is 0 Å². The van der Waals surface area contributed by atoms with Crippen LogP contribution in [0.25, 0.3) is 22.3 Å². The molecule has 3 aliphatic rings. The zero-order chi connectivity index (χ0) is 50.1. The number of unbranched alkanes of at least 4 members (excludes halogenated alkanes) is 12. The van der Waals surface area contributed by atoms with Crippen LogP contribution in [0.3, 0.4) is 0 Å². The maximum absolute atomic E-state index is 2.71. The molecule has 0 fully saturated rings. The first-order chi connectivity index (χ1) is 33.5. The smallest absolute Gasteiger partial charge is 0.0465 e. The van der Waals surface area contributed by atoms with Gasteiger partial charge < -0.3 is 4.90 Å². The van der Waals surface area contributed by atoms with Crippen LogP contribution in [-0.2, 0) is 21.7 Å². The Morgan fingerprint density at radius 2 is 0.686 bits per heavy atom. The van der Waals surface area contributed by atoms with E-state index in [4.69, 9.17) is 0 Å². The predicted octanol–water partition coefficient (Wildman–Crippen LogP) is 21.5. The average Bonchev–Trinajstić information content (AvgIpc) is 3.76. The lowest BCUT2D eigenvalue weighted by molar-refractivity contribution is -0.0441. The van der Waals surface area contributed by atoms with Crippen molar-refractivity contribution in [2.45, 2.75) is 240 Å². The summed E-state index contributed by atoms with van der Waals surface area (Å²) in [5, 5.41) is 0. The highest BCUT2D eigenvalue weighted by Gasteiger charge is 2.60. The van der Waals surface area contributed by atoms with Crippen LogP contribution in [0.5, 0.6) is 0 Å². The SMILES string of the molecule is CCCCCCC1(CCCCCC)c2ccccc2-c2ccc(N(c3ccc4c(c3)C(CCCCCC)(CCCCCC)c3cc(C)ccc3-4)c3ccc4c(c3)C(C)(C)C(C)(C)C(C)(C)C4(C)C)cc21. The van der Waals surface area contributed by atoms with Crippen LogP contribution in [0.2, 0.25) is 0 Å². The number of rotatable bonds is 23. The molecule has 0 atom stereocenters. The van der Waals surface area contributed by atoms with Gasteiger partial charge in [0.1, 0.15) is 0 Å². The van der Waals surface area contributed by atoms with E-state index < -0.39 is 0 Å². The minimum atomic E-state index is -0.0572. The first-order valence-electron chi connectivity index (χ1n) is 28.9. The van der Waals surface area contributed by atoms with Gasteiger partial charge in [-0.1, -0.05) is 252 Å². The third-order valence-corrected chi connectivity index (χ3v) is 20.4. The van der Waals surface area contributed by atoms with Gasteiger partial charge in [0.2, 0.25) is 0 Å². The first-order valence-corrected chi connectivity index (χ1v) is 28.9. The summed E-state index contributed by atoms with van der Waals surface area (Å²) in [6, 6.07) is 40.1. The van der Waals surface area contributed by atoms with Gasteiger partial charge in [0.25, 0.3) is 0 Å². The summed E-state index contributed by atoms with van der Waals surface area (Å²) in [4.78, 5) is 2.71. The van der Waals surface area contributed by atoms with Gasteiger partial charge in [-0.15, -0.1) is 0 Å². The minimum absolute atomic E-state index is 0.00301. The van der Waals surface area contributed by atoms with Crippen LogP contribution in [0.1, 0.15) is 250 Å². The van der Waals surface area contributed by atoms with Gasteiger partial charge in [-0.2, -0.15) is 0 Å². The van der Waals surface area contributed by atoms with Crippen LogP contribution in [0.15, 0.2) is 97.1 Å². The number of hydrogen-bond acceptors (Lipinski definition) is 1. The molecule has 0 bridgehead atoms. The highest BCUT2D eigenvalue weighted by atomic mass is 15.1. The molecular weight excluding hydrogens is 843 g/mol. The molecule has 0 spiro atoms. The molecule has 1 heteroatoms. The fraction of sp³-hybridized carbons (Fsp3) is 0.565. The molecule has 0 saturated carbocycles. The molecule has 0 aliphatic heterocycles. The van der Waals surface area contributed by atoms with Crippen molar-refractivity contribution in [2.24, 2.45) is 10.8 Å². The van der Waals surface area contributed by atoms with Crippen LogP contribution in [0.4, 0.5) is 17.1 Å². The summed E-state index contributed by atoms with van der Waals surface area (Å²) in [5.74, 6) is 0. The van der Waals surface area contributed by atoms with Crippen molar-refractivity contribution in [1.82, 2.24) is 0 Å². The van der Waals surface area contributed by atoms with E-state index in [1.54, 1.807) is 22.3 Å². The fourth-order valence-electron chi connectivity index (χ4n) is 14.5. The third-order valence-electron chi connectivity index (χ3n) is 20.4. The molecule has 0 N–H and O–H groups in total. The molecule has 0 amide bonds. The molecule has 0 heterocycles. The van der Waals surface area contributed by atoms with Gasteiger partial charge in [0.05, 0.1) is 0 Å². The molecule has 376 valence electrons. The van der Waals surface area contributed by atoms with Crippen molar-refractivity contribution in [3.63, 3.8) is 0 Å². The van der Waals surface area contributed by atoms with E-state index in [9.17, 15) is 0 Å². The van der Waals surface area contributed by atoms with E-state index in [-0.39, 0.29) is 32.5 Å². The second-order valence-corrected chi connectivity index (χ2v) is 25.0. The van der Waals surface area contributed by atoms with Crippen molar-refractivity contribution in [3.05, 3.63) is 136 Å². The highest BCUT2D eigenvalue weighted by molar-refractivity contribution is 5.89. The third kappa shape index (κ3) is 8.76. The topological polar surface area (TPSA) is 3.24 Å². The largest absolute Gasteiger partial charge is 0.310 e. The van der Waals surface area contributed by atoms with E-state index >= 15 is 0 Å². The Hall–Kier alpha value is -4.10. The molecule has 8 rings (SSSR count). The van der Waals surface area contributed by atoms with E-state index in [2.05, 4.69) is 192 Å². The van der Waals surface area contributed by atoms with Gasteiger partial charge in [-0.05, 0) is 146 Å². The summed E-state index contributed by atoms with van der Waals surface area (Å²) < 4.78 is 0. The summed E-state index contributed by atoms with van der Waals surface area (Å²) in [5.41, 5.74) is 20.5. The summed E-state index contributed by atoms with van der Waals surface area (Å²) in [6.07, 6.45) is 25.5. The van der Waals surface area contributed by atoms with Crippen LogP contribution in [0, 0.1) is 17.8 Å². The van der Waals surface area contributed by atoms with Gasteiger partial charge in [-0.25, -0.2) is 0 Å². The molecule has 5 aromatic rings. The standard InChI is InChI=1S/C69H95N/c1-14-18-22-28-42-68(43-29-23-19-15-2)58-33-27-26-32-54(58)56-39-35-51(47-61(56)68)70(53-37-41-59-63(49-53)65(8,9)67(12,13)66(10,11)64(59,6)7)52-36-40-57-55-38-34-50(5)46-60(55)69(62(57)48-52,44-30-24-20-16-3)45-31-25-21-17-4/h26-27,32-41,46-49H,14-25,28-31,42-45H2,1-13H3. The number of aryl methyl sites for hydroxylation is 1. The second-order valence-electron chi connectivity index (χ2n) is 25.0. The molecule has 1 nitrogen and oxygen atoms in total. The lowest BCUT2D eigenvalue weighted by Gasteiger charge is -2.64. The van der Waals surface area contributed by atoms with Crippen molar-refractivity contribution in [3.8, 4) is 22.3 Å². The monoisotopic (exact) mass is 938 g/mol. The van der Waals surface area contributed by atoms with Crippen molar-refractivity contribution < 1.29 is 0 Å². The van der Waals surface area contributed by atoms with Gasteiger partial charge in [0, 0.05) is 27.9 Å². The molecule has 0 saturated heterocycles.